The summed E-state index contributed by atoms with van der Waals surface area (Å²) in [6.07, 6.45) is 77.5. The van der Waals surface area contributed by atoms with E-state index < -0.39 is 6.10 Å². The van der Waals surface area contributed by atoms with Crippen LogP contribution in [0.1, 0.15) is 239 Å². The highest BCUT2D eigenvalue weighted by molar-refractivity contribution is 5.71. The van der Waals surface area contributed by atoms with Crippen molar-refractivity contribution in [3.8, 4) is 0 Å². The monoisotopic (exact) mass is 955 g/mol. The summed E-state index contributed by atoms with van der Waals surface area (Å²) in [7, 11) is 0. The van der Waals surface area contributed by atoms with Gasteiger partial charge in [-0.15, -0.1) is 0 Å². The molecule has 0 aliphatic rings. The SMILES string of the molecule is CCCCC/C=C\C/C=C\C/C=C\C/C=C\CCCCCC(=O)OC[C@@H](COC(=O)CCCC/C=C\C/C=C\C/C=C\CCCCC)OC(=O)CCCCCC/C=C\C/C=C\C/C=C\CCCCC. The maximum Gasteiger partial charge on any atom is 0.306 e. The number of carbonyl (C=O) groups is 3. The Morgan fingerprint density at radius 2 is 0.522 bits per heavy atom. The van der Waals surface area contributed by atoms with Crippen LogP contribution in [0, 0.1) is 0 Å². The maximum absolute atomic E-state index is 12.8. The normalized spacial score (nSPS) is 13.0. The zero-order valence-electron chi connectivity index (χ0n) is 44.5. The van der Waals surface area contributed by atoms with Gasteiger partial charge in [0.25, 0.3) is 0 Å². The second-order valence-corrected chi connectivity index (χ2v) is 18.1. The molecule has 0 aromatic heterocycles. The van der Waals surface area contributed by atoms with Gasteiger partial charge in [0.1, 0.15) is 13.2 Å². The van der Waals surface area contributed by atoms with E-state index in [0.717, 1.165) is 116 Å². The third-order valence-electron chi connectivity index (χ3n) is 11.4. The van der Waals surface area contributed by atoms with Gasteiger partial charge in [0.15, 0.2) is 6.10 Å². The highest BCUT2D eigenvalue weighted by atomic mass is 16.6. The zero-order valence-corrected chi connectivity index (χ0v) is 44.5. The van der Waals surface area contributed by atoms with Crippen molar-refractivity contribution in [3.63, 3.8) is 0 Å². The molecule has 0 fully saturated rings. The maximum atomic E-state index is 12.8. The highest BCUT2D eigenvalue weighted by Crippen LogP contribution is 2.12. The van der Waals surface area contributed by atoms with Crippen LogP contribution in [0.5, 0.6) is 0 Å². The minimum Gasteiger partial charge on any atom is -0.462 e. The van der Waals surface area contributed by atoms with Gasteiger partial charge in [-0.3, -0.25) is 14.4 Å². The second kappa shape index (κ2) is 56.4. The van der Waals surface area contributed by atoms with E-state index in [-0.39, 0.29) is 37.5 Å². The number of carbonyl (C=O) groups excluding carboxylic acids is 3. The van der Waals surface area contributed by atoms with E-state index in [1.54, 1.807) is 0 Å². The first-order chi connectivity index (χ1) is 34.0. The fourth-order valence-corrected chi connectivity index (χ4v) is 7.14. The lowest BCUT2D eigenvalue weighted by atomic mass is 10.1. The van der Waals surface area contributed by atoms with E-state index in [0.29, 0.717) is 19.3 Å². The molecule has 0 unspecified atom stereocenters. The molecule has 6 heteroatoms. The van der Waals surface area contributed by atoms with Crippen LogP contribution in [0.4, 0.5) is 0 Å². The average Bonchev–Trinajstić information content (AvgIpc) is 3.35. The number of hydrogen-bond donors (Lipinski definition) is 0. The predicted octanol–water partition coefficient (Wildman–Crippen LogP) is 18.9. The molecule has 0 radical (unpaired) electrons. The van der Waals surface area contributed by atoms with E-state index in [2.05, 4.69) is 142 Å². The Labute approximate surface area is 424 Å². The summed E-state index contributed by atoms with van der Waals surface area (Å²) < 4.78 is 16.8. The zero-order chi connectivity index (χ0) is 50.0. The van der Waals surface area contributed by atoms with Crippen molar-refractivity contribution in [3.05, 3.63) is 122 Å². The third kappa shape index (κ3) is 54.6. The van der Waals surface area contributed by atoms with Crippen LogP contribution in [0.15, 0.2) is 122 Å². The van der Waals surface area contributed by atoms with Crippen molar-refractivity contribution in [2.75, 3.05) is 13.2 Å². The summed E-state index contributed by atoms with van der Waals surface area (Å²) in [5, 5.41) is 0. The van der Waals surface area contributed by atoms with Crippen LogP contribution in [0.3, 0.4) is 0 Å². The molecule has 0 aromatic rings. The van der Waals surface area contributed by atoms with Gasteiger partial charge in [-0.25, -0.2) is 0 Å². The van der Waals surface area contributed by atoms with Gasteiger partial charge < -0.3 is 14.2 Å². The topological polar surface area (TPSA) is 78.9 Å². The molecule has 69 heavy (non-hydrogen) atoms. The number of unbranched alkanes of at least 4 members (excludes halogenated alkanes) is 18. The second-order valence-electron chi connectivity index (χ2n) is 18.1. The Bertz CT molecular complexity index is 1470. The third-order valence-corrected chi connectivity index (χ3v) is 11.4. The Morgan fingerprint density at radius 1 is 0.290 bits per heavy atom. The Hall–Kier alpha value is -4.19. The van der Waals surface area contributed by atoms with E-state index in [1.165, 1.54) is 77.0 Å². The van der Waals surface area contributed by atoms with Crippen molar-refractivity contribution >= 4 is 17.9 Å². The van der Waals surface area contributed by atoms with Gasteiger partial charge >= 0.3 is 17.9 Å². The molecule has 6 nitrogen and oxygen atoms in total. The van der Waals surface area contributed by atoms with Crippen LogP contribution < -0.4 is 0 Å². The Balaban J connectivity index is 4.57. The van der Waals surface area contributed by atoms with E-state index in [1.807, 2.05) is 0 Å². The summed E-state index contributed by atoms with van der Waals surface area (Å²) in [5.41, 5.74) is 0. The average molecular weight is 956 g/mol. The first-order valence-corrected chi connectivity index (χ1v) is 28.0. The smallest absolute Gasteiger partial charge is 0.306 e. The molecule has 0 N–H and O–H groups in total. The quantitative estimate of drug-likeness (QED) is 0.0262. The molecule has 0 amide bonds. The molecule has 0 heterocycles. The fourth-order valence-electron chi connectivity index (χ4n) is 7.14. The first kappa shape index (κ1) is 64.8. The van der Waals surface area contributed by atoms with E-state index >= 15 is 0 Å². The minimum absolute atomic E-state index is 0.119. The molecular formula is C63H102O6. The molecule has 0 spiro atoms. The molecule has 0 aliphatic carbocycles. The number of hydrogen-bond acceptors (Lipinski definition) is 6. The van der Waals surface area contributed by atoms with Crippen LogP contribution in [0.2, 0.25) is 0 Å². The first-order valence-electron chi connectivity index (χ1n) is 28.0. The van der Waals surface area contributed by atoms with Crippen molar-refractivity contribution in [2.24, 2.45) is 0 Å². The summed E-state index contributed by atoms with van der Waals surface area (Å²) in [6, 6.07) is 0. The van der Waals surface area contributed by atoms with Crippen molar-refractivity contribution in [1.29, 1.82) is 0 Å². The van der Waals surface area contributed by atoms with Crippen molar-refractivity contribution < 1.29 is 28.6 Å². The summed E-state index contributed by atoms with van der Waals surface area (Å²) in [5.74, 6) is -1.01. The molecule has 0 aliphatic heterocycles. The Kier molecular flexibility index (Phi) is 53.0. The molecule has 1 atom stereocenters. The summed E-state index contributed by atoms with van der Waals surface area (Å²) >= 11 is 0. The predicted molar refractivity (Wildman–Crippen MR) is 297 cm³/mol. The molecule has 390 valence electrons. The summed E-state index contributed by atoms with van der Waals surface area (Å²) in [4.78, 5) is 38.1. The number of rotatable bonds is 49. The van der Waals surface area contributed by atoms with Gasteiger partial charge in [-0.2, -0.15) is 0 Å². The van der Waals surface area contributed by atoms with Crippen LogP contribution in [0.25, 0.3) is 0 Å². The van der Waals surface area contributed by atoms with Crippen LogP contribution >= 0.6 is 0 Å². The fraction of sp³-hybridized carbons (Fsp3) is 0.635. The molecule has 0 saturated heterocycles. The largest absolute Gasteiger partial charge is 0.462 e. The minimum atomic E-state index is -0.823. The standard InChI is InChI=1S/C63H102O6/c1-4-7-10-13-16-19-22-25-28-30-31-33-35-38-41-44-47-50-53-56-62(65)68-59-60(58-67-61(64)55-52-49-46-43-40-37-34-27-24-21-18-15-12-9-6-3)69-63(66)57-54-51-48-45-42-39-36-32-29-26-23-20-17-14-11-8-5-2/h16-21,25-29,31,33-34,36,38-41,43,60H,4-15,22-24,30,32,35,37,42,44-59H2,1-3H3/b19-16-,20-17-,21-18-,28-25-,29-26-,33-31-,34-27-,39-36-,41-38-,43-40-/t60-/m1/s1. The lowest BCUT2D eigenvalue weighted by Gasteiger charge is -2.18. The highest BCUT2D eigenvalue weighted by Gasteiger charge is 2.19. The van der Waals surface area contributed by atoms with Crippen molar-refractivity contribution in [2.45, 2.75) is 245 Å². The molecular weight excluding hydrogens is 853 g/mol. The molecule has 0 rings (SSSR count). The van der Waals surface area contributed by atoms with Crippen LogP contribution in [-0.2, 0) is 28.6 Å². The molecule has 0 bridgehead atoms. The summed E-state index contributed by atoms with van der Waals surface area (Å²) in [6.45, 7) is 6.46. The van der Waals surface area contributed by atoms with Crippen molar-refractivity contribution in [1.82, 2.24) is 0 Å². The number of allylic oxidation sites excluding steroid dienone is 20. The molecule has 0 aromatic carbocycles. The Morgan fingerprint density at radius 3 is 0.841 bits per heavy atom. The van der Waals surface area contributed by atoms with Gasteiger partial charge in [-0.1, -0.05) is 200 Å². The van der Waals surface area contributed by atoms with E-state index in [4.69, 9.17) is 14.2 Å². The van der Waals surface area contributed by atoms with Crippen LogP contribution in [-0.4, -0.2) is 37.2 Å². The van der Waals surface area contributed by atoms with Gasteiger partial charge in [0.05, 0.1) is 0 Å². The van der Waals surface area contributed by atoms with E-state index in [9.17, 15) is 14.4 Å². The number of ether oxygens (including phenoxy) is 3. The lowest BCUT2D eigenvalue weighted by Crippen LogP contribution is -2.30. The molecule has 0 saturated carbocycles. The van der Waals surface area contributed by atoms with Gasteiger partial charge in [0.2, 0.25) is 0 Å². The number of esters is 3. The lowest BCUT2D eigenvalue weighted by molar-refractivity contribution is -0.167. The van der Waals surface area contributed by atoms with Gasteiger partial charge in [0, 0.05) is 19.3 Å². The van der Waals surface area contributed by atoms with Gasteiger partial charge in [-0.05, 0) is 141 Å².